The molecule has 0 N–H and O–H groups in total. The van der Waals surface area contributed by atoms with E-state index in [1.165, 1.54) is 0 Å². The van der Waals surface area contributed by atoms with Gasteiger partial charge in [-0.3, -0.25) is 4.79 Å². The fraction of sp³-hybridized carbons (Fsp3) is 0.667. The fourth-order valence-corrected chi connectivity index (χ4v) is 2.68. The molecule has 2 aliphatic rings. The van der Waals surface area contributed by atoms with Gasteiger partial charge in [0.2, 0.25) is 5.91 Å². The second-order valence-corrected chi connectivity index (χ2v) is 5.97. The number of ether oxygens (including phenoxy) is 1. The maximum Gasteiger partial charge on any atom is 0.229 e. The minimum absolute atomic E-state index is 0.0977. The zero-order chi connectivity index (χ0) is 14.8. The standard InChI is InChI=1S/C15H22N4O2/c1-11(2)14-16-4-3-13(17-14)19-9-12(10-19)15(20)18-5-7-21-8-6-18/h3-4,11-12H,5-10H2,1-2H3. The molecule has 114 valence electrons. The third-order valence-electron chi connectivity index (χ3n) is 4.05. The Labute approximate surface area is 125 Å². The molecule has 1 aromatic heterocycles. The Kier molecular flexibility index (Phi) is 4.05. The van der Waals surface area contributed by atoms with Crippen LogP contribution in [0.2, 0.25) is 0 Å². The van der Waals surface area contributed by atoms with E-state index in [1.54, 1.807) is 6.20 Å². The summed E-state index contributed by atoms with van der Waals surface area (Å²) in [7, 11) is 0. The summed E-state index contributed by atoms with van der Waals surface area (Å²) in [5.41, 5.74) is 0. The van der Waals surface area contributed by atoms with Crippen LogP contribution in [-0.4, -0.2) is 60.2 Å². The lowest BCUT2D eigenvalue weighted by Gasteiger charge is -2.42. The molecule has 1 aromatic rings. The molecule has 0 radical (unpaired) electrons. The molecule has 0 aliphatic carbocycles. The molecule has 2 aliphatic heterocycles. The zero-order valence-electron chi connectivity index (χ0n) is 12.7. The van der Waals surface area contributed by atoms with Crippen molar-refractivity contribution in [3.63, 3.8) is 0 Å². The van der Waals surface area contributed by atoms with Crippen molar-refractivity contribution < 1.29 is 9.53 Å². The van der Waals surface area contributed by atoms with Crippen LogP contribution in [0.4, 0.5) is 5.82 Å². The van der Waals surface area contributed by atoms with Gasteiger partial charge in [-0.05, 0) is 6.07 Å². The van der Waals surface area contributed by atoms with Crippen molar-refractivity contribution in [2.45, 2.75) is 19.8 Å². The van der Waals surface area contributed by atoms with Gasteiger partial charge in [-0.25, -0.2) is 9.97 Å². The Morgan fingerprint density at radius 3 is 2.71 bits per heavy atom. The van der Waals surface area contributed by atoms with E-state index in [-0.39, 0.29) is 11.8 Å². The summed E-state index contributed by atoms with van der Waals surface area (Å²) in [5, 5.41) is 0. The highest BCUT2D eigenvalue weighted by molar-refractivity contribution is 5.82. The van der Waals surface area contributed by atoms with Crippen molar-refractivity contribution in [2.75, 3.05) is 44.3 Å². The molecule has 2 saturated heterocycles. The second kappa shape index (κ2) is 5.97. The normalized spacial score (nSPS) is 19.8. The van der Waals surface area contributed by atoms with Crippen molar-refractivity contribution in [3.8, 4) is 0 Å². The molecule has 6 heteroatoms. The molecule has 0 atom stereocenters. The van der Waals surface area contributed by atoms with Crippen LogP contribution in [0.25, 0.3) is 0 Å². The van der Waals surface area contributed by atoms with Gasteiger partial charge >= 0.3 is 0 Å². The van der Waals surface area contributed by atoms with E-state index in [0.29, 0.717) is 19.1 Å². The highest BCUT2D eigenvalue weighted by atomic mass is 16.5. The number of anilines is 1. The first-order valence-electron chi connectivity index (χ1n) is 7.59. The van der Waals surface area contributed by atoms with Crippen LogP contribution in [0.5, 0.6) is 0 Å². The number of hydrogen-bond donors (Lipinski definition) is 0. The maximum atomic E-state index is 12.3. The highest BCUT2D eigenvalue weighted by Gasteiger charge is 2.36. The average molecular weight is 290 g/mol. The number of morpholine rings is 1. The lowest BCUT2D eigenvalue weighted by atomic mass is 9.98. The summed E-state index contributed by atoms with van der Waals surface area (Å²) >= 11 is 0. The first kappa shape index (κ1) is 14.3. The third kappa shape index (κ3) is 3.00. The van der Waals surface area contributed by atoms with Crippen LogP contribution in [0.3, 0.4) is 0 Å². The van der Waals surface area contributed by atoms with Crippen LogP contribution in [0.15, 0.2) is 12.3 Å². The molecule has 0 spiro atoms. The third-order valence-corrected chi connectivity index (χ3v) is 4.05. The van der Waals surface area contributed by atoms with Crippen molar-refractivity contribution in [1.29, 1.82) is 0 Å². The number of aromatic nitrogens is 2. The highest BCUT2D eigenvalue weighted by Crippen LogP contribution is 2.25. The number of hydrogen-bond acceptors (Lipinski definition) is 5. The molecule has 1 amide bonds. The van der Waals surface area contributed by atoms with E-state index in [2.05, 4.69) is 28.7 Å². The number of nitrogens with zero attached hydrogens (tertiary/aromatic N) is 4. The molecule has 2 fully saturated rings. The van der Waals surface area contributed by atoms with E-state index >= 15 is 0 Å². The van der Waals surface area contributed by atoms with E-state index in [1.807, 2.05) is 11.0 Å². The second-order valence-electron chi connectivity index (χ2n) is 5.97. The Morgan fingerprint density at radius 1 is 1.33 bits per heavy atom. The zero-order valence-corrected chi connectivity index (χ0v) is 12.7. The average Bonchev–Trinajstić information content (AvgIpc) is 2.47. The van der Waals surface area contributed by atoms with Gasteiger partial charge in [0.1, 0.15) is 11.6 Å². The van der Waals surface area contributed by atoms with E-state index in [0.717, 1.165) is 37.8 Å². The largest absolute Gasteiger partial charge is 0.378 e. The predicted octanol–water partition coefficient (Wildman–Crippen LogP) is 0.895. The quantitative estimate of drug-likeness (QED) is 0.827. The van der Waals surface area contributed by atoms with Gasteiger partial charge in [0.25, 0.3) is 0 Å². The minimum atomic E-state index is 0.0977. The summed E-state index contributed by atoms with van der Waals surface area (Å²) in [6.07, 6.45) is 1.80. The van der Waals surface area contributed by atoms with Gasteiger partial charge in [-0.1, -0.05) is 13.8 Å². The predicted molar refractivity (Wildman–Crippen MR) is 79.2 cm³/mol. The summed E-state index contributed by atoms with van der Waals surface area (Å²) in [6, 6.07) is 1.92. The van der Waals surface area contributed by atoms with Gasteiger partial charge in [-0.15, -0.1) is 0 Å². The van der Waals surface area contributed by atoms with E-state index < -0.39 is 0 Å². The van der Waals surface area contributed by atoms with Crippen molar-refractivity contribution in [3.05, 3.63) is 18.1 Å². The first-order valence-corrected chi connectivity index (χ1v) is 7.59. The molecular weight excluding hydrogens is 268 g/mol. The van der Waals surface area contributed by atoms with Crippen LogP contribution in [-0.2, 0) is 9.53 Å². The van der Waals surface area contributed by atoms with Crippen LogP contribution >= 0.6 is 0 Å². The van der Waals surface area contributed by atoms with Crippen molar-refractivity contribution in [1.82, 2.24) is 14.9 Å². The molecule has 0 bridgehead atoms. The number of carbonyl (C=O) groups excluding carboxylic acids is 1. The molecule has 3 heterocycles. The minimum Gasteiger partial charge on any atom is -0.378 e. The number of amides is 1. The number of rotatable bonds is 3. The van der Waals surface area contributed by atoms with E-state index in [9.17, 15) is 4.79 Å². The Morgan fingerprint density at radius 2 is 2.05 bits per heavy atom. The van der Waals surface area contributed by atoms with Crippen LogP contribution in [0.1, 0.15) is 25.6 Å². The van der Waals surface area contributed by atoms with Gasteiger partial charge in [0.05, 0.1) is 19.1 Å². The van der Waals surface area contributed by atoms with Gasteiger partial charge in [0.15, 0.2) is 0 Å². The summed E-state index contributed by atoms with van der Waals surface area (Å²) in [6.45, 7) is 8.44. The summed E-state index contributed by atoms with van der Waals surface area (Å²) in [4.78, 5) is 25.3. The molecular formula is C15H22N4O2. The van der Waals surface area contributed by atoms with E-state index in [4.69, 9.17) is 4.74 Å². The summed E-state index contributed by atoms with van der Waals surface area (Å²) in [5.74, 6) is 2.46. The molecule has 0 saturated carbocycles. The Balaban J connectivity index is 1.57. The monoisotopic (exact) mass is 290 g/mol. The van der Waals surface area contributed by atoms with Gasteiger partial charge < -0.3 is 14.5 Å². The molecule has 21 heavy (non-hydrogen) atoms. The molecule has 0 unspecified atom stereocenters. The summed E-state index contributed by atoms with van der Waals surface area (Å²) < 4.78 is 5.29. The maximum absolute atomic E-state index is 12.3. The first-order chi connectivity index (χ1) is 10.1. The van der Waals surface area contributed by atoms with Crippen LogP contribution < -0.4 is 4.90 Å². The molecule has 6 nitrogen and oxygen atoms in total. The Bertz CT molecular complexity index is 508. The SMILES string of the molecule is CC(C)c1nccc(N2CC(C(=O)N3CCOCC3)C2)n1. The lowest BCUT2D eigenvalue weighted by molar-refractivity contribution is -0.140. The topological polar surface area (TPSA) is 58.6 Å². The van der Waals surface area contributed by atoms with Gasteiger partial charge in [-0.2, -0.15) is 0 Å². The lowest BCUT2D eigenvalue weighted by Crippen LogP contribution is -2.56. The van der Waals surface area contributed by atoms with Crippen molar-refractivity contribution in [2.24, 2.45) is 5.92 Å². The molecule has 0 aromatic carbocycles. The molecule has 3 rings (SSSR count). The van der Waals surface area contributed by atoms with Gasteiger partial charge in [0, 0.05) is 38.3 Å². The fourth-order valence-electron chi connectivity index (χ4n) is 2.68. The Hall–Kier alpha value is -1.69. The number of carbonyl (C=O) groups is 1. The van der Waals surface area contributed by atoms with Crippen molar-refractivity contribution >= 4 is 11.7 Å². The smallest absolute Gasteiger partial charge is 0.229 e. The van der Waals surface area contributed by atoms with Crippen LogP contribution in [0, 0.1) is 5.92 Å².